The number of benzene rings is 2. The molecule has 0 aliphatic carbocycles. The molecule has 2 N–H and O–H groups in total. The summed E-state index contributed by atoms with van der Waals surface area (Å²) in [5, 5.41) is 10.9. The zero-order chi connectivity index (χ0) is 15.0. The van der Waals surface area contributed by atoms with Gasteiger partial charge in [-0.1, -0.05) is 6.07 Å². The molecule has 0 aliphatic rings. The van der Waals surface area contributed by atoms with Crippen LogP contribution in [0, 0.1) is 5.82 Å². The van der Waals surface area contributed by atoms with Crippen molar-refractivity contribution in [2.45, 2.75) is 6.92 Å². The number of fused-ring (bicyclic) bond motifs is 1. The molecule has 2 aromatic carbocycles. The Morgan fingerprint density at radius 2 is 2.05 bits per heavy atom. The molecule has 3 rings (SSSR count). The van der Waals surface area contributed by atoms with E-state index in [0.29, 0.717) is 22.5 Å². The molecule has 0 atom stereocenters. The number of anilines is 1. The molecule has 21 heavy (non-hydrogen) atoms. The minimum Gasteiger partial charge on any atom is -0.371 e. The van der Waals surface area contributed by atoms with Gasteiger partial charge in [-0.25, -0.2) is 4.39 Å². The average molecular weight is 283 g/mol. The summed E-state index contributed by atoms with van der Waals surface area (Å²) >= 11 is 0. The molecule has 0 bridgehead atoms. The third kappa shape index (κ3) is 2.27. The summed E-state index contributed by atoms with van der Waals surface area (Å²) in [6, 6.07) is 9.91. The number of H-pyrrole nitrogens is 1. The van der Waals surface area contributed by atoms with E-state index in [2.05, 4.69) is 15.5 Å². The highest BCUT2D eigenvalue weighted by Gasteiger charge is 2.11. The summed E-state index contributed by atoms with van der Waals surface area (Å²) < 4.78 is 14.1. The lowest BCUT2D eigenvalue weighted by Gasteiger charge is -2.06. The van der Waals surface area contributed by atoms with Crippen molar-refractivity contribution in [1.82, 2.24) is 10.2 Å². The number of ketones is 1. The third-order valence-corrected chi connectivity index (χ3v) is 3.48. The van der Waals surface area contributed by atoms with E-state index in [1.807, 2.05) is 18.2 Å². The van der Waals surface area contributed by atoms with Crippen molar-refractivity contribution in [3.63, 3.8) is 0 Å². The van der Waals surface area contributed by atoms with Gasteiger partial charge in [0, 0.05) is 23.6 Å². The van der Waals surface area contributed by atoms with Crippen LogP contribution in [0.15, 0.2) is 36.4 Å². The molecule has 106 valence electrons. The molecule has 3 aromatic rings. The van der Waals surface area contributed by atoms with Crippen LogP contribution in [-0.2, 0) is 0 Å². The number of Topliss-reactive ketones (excluding diaryl/α,β-unsaturated/α-hetero) is 1. The number of hydrogen-bond donors (Lipinski definition) is 2. The fourth-order valence-electron chi connectivity index (χ4n) is 2.34. The van der Waals surface area contributed by atoms with Crippen LogP contribution in [-0.4, -0.2) is 23.0 Å². The molecular weight excluding hydrogens is 269 g/mol. The van der Waals surface area contributed by atoms with Crippen LogP contribution >= 0.6 is 0 Å². The Labute approximate surface area is 121 Å². The fraction of sp³-hybridized carbons (Fsp3) is 0.125. The van der Waals surface area contributed by atoms with Crippen LogP contribution in [0.1, 0.15) is 17.3 Å². The van der Waals surface area contributed by atoms with Gasteiger partial charge in [-0.2, -0.15) is 5.10 Å². The highest BCUT2D eigenvalue weighted by molar-refractivity contribution is 5.96. The van der Waals surface area contributed by atoms with E-state index in [-0.39, 0.29) is 11.6 Å². The maximum atomic E-state index is 14.1. The summed E-state index contributed by atoms with van der Waals surface area (Å²) in [5.74, 6) is 0.264. The Balaban J connectivity index is 2.19. The molecule has 4 nitrogen and oxygen atoms in total. The van der Waals surface area contributed by atoms with Gasteiger partial charge in [-0.3, -0.25) is 9.89 Å². The Kier molecular flexibility index (Phi) is 3.17. The van der Waals surface area contributed by atoms with Gasteiger partial charge in [-0.05, 0) is 42.8 Å². The van der Waals surface area contributed by atoms with E-state index in [1.165, 1.54) is 19.1 Å². The topological polar surface area (TPSA) is 57.8 Å². The molecular formula is C16H14FN3O. The summed E-state index contributed by atoms with van der Waals surface area (Å²) in [5.41, 5.74) is 2.48. The Morgan fingerprint density at radius 1 is 1.24 bits per heavy atom. The number of aromatic amines is 1. The normalized spacial score (nSPS) is 10.8. The van der Waals surface area contributed by atoms with E-state index in [0.717, 1.165) is 10.9 Å². The lowest BCUT2D eigenvalue weighted by molar-refractivity contribution is 0.101. The van der Waals surface area contributed by atoms with Gasteiger partial charge in [0.05, 0.1) is 5.52 Å². The van der Waals surface area contributed by atoms with E-state index < -0.39 is 0 Å². The molecule has 0 radical (unpaired) electrons. The first kappa shape index (κ1) is 13.3. The lowest BCUT2D eigenvalue weighted by Crippen LogP contribution is -1.94. The monoisotopic (exact) mass is 283 g/mol. The van der Waals surface area contributed by atoms with E-state index in [1.54, 1.807) is 13.1 Å². The van der Waals surface area contributed by atoms with Crippen LogP contribution < -0.4 is 5.32 Å². The van der Waals surface area contributed by atoms with Crippen molar-refractivity contribution in [1.29, 1.82) is 0 Å². The van der Waals surface area contributed by atoms with Gasteiger partial charge < -0.3 is 5.32 Å². The van der Waals surface area contributed by atoms with Gasteiger partial charge >= 0.3 is 0 Å². The predicted molar refractivity (Wildman–Crippen MR) is 81.0 cm³/mol. The average Bonchev–Trinajstić information content (AvgIpc) is 2.89. The van der Waals surface area contributed by atoms with Gasteiger partial charge in [-0.15, -0.1) is 0 Å². The number of nitrogens with one attached hydrogen (secondary N) is 2. The quantitative estimate of drug-likeness (QED) is 0.722. The lowest BCUT2D eigenvalue weighted by atomic mass is 10.00. The number of hydrogen-bond acceptors (Lipinski definition) is 3. The molecule has 1 heterocycles. The standard InChI is InChI=1S/C16H14FN3O/c1-9(21)10-3-5-14(17)12(7-10)11-4-6-15-13(8-11)16(18-2)20-19-15/h3-8H,1-2H3,(H2,18,19,20). The number of carbonyl (C=O) groups is 1. The minimum absolute atomic E-state index is 0.0865. The number of halogens is 1. The second kappa shape index (κ2) is 5.01. The number of aromatic nitrogens is 2. The number of nitrogens with zero attached hydrogens (tertiary/aromatic N) is 1. The molecule has 0 aliphatic heterocycles. The first-order valence-electron chi connectivity index (χ1n) is 6.57. The Bertz CT molecular complexity index is 839. The van der Waals surface area contributed by atoms with Crippen LogP contribution in [0.2, 0.25) is 0 Å². The molecule has 0 saturated heterocycles. The van der Waals surface area contributed by atoms with Gasteiger partial charge in [0.2, 0.25) is 0 Å². The zero-order valence-electron chi connectivity index (χ0n) is 11.7. The van der Waals surface area contributed by atoms with Gasteiger partial charge in [0.1, 0.15) is 5.82 Å². The Hall–Kier alpha value is -2.69. The van der Waals surface area contributed by atoms with Crippen molar-refractivity contribution in [2.24, 2.45) is 0 Å². The summed E-state index contributed by atoms with van der Waals surface area (Å²) in [6.07, 6.45) is 0. The largest absolute Gasteiger partial charge is 0.371 e. The number of carbonyl (C=O) groups excluding carboxylic acids is 1. The van der Waals surface area contributed by atoms with E-state index in [4.69, 9.17) is 0 Å². The molecule has 0 spiro atoms. The summed E-state index contributed by atoms with van der Waals surface area (Å²) in [6.45, 7) is 1.47. The maximum absolute atomic E-state index is 14.1. The fourth-order valence-corrected chi connectivity index (χ4v) is 2.34. The molecule has 5 heteroatoms. The van der Waals surface area contributed by atoms with E-state index >= 15 is 0 Å². The summed E-state index contributed by atoms with van der Waals surface area (Å²) in [7, 11) is 1.78. The predicted octanol–water partition coefficient (Wildman–Crippen LogP) is 3.61. The SMILES string of the molecule is CNc1n[nH]c2ccc(-c3cc(C(C)=O)ccc3F)cc12. The maximum Gasteiger partial charge on any atom is 0.159 e. The molecule has 0 fully saturated rings. The minimum atomic E-state index is -0.353. The van der Waals surface area contributed by atoms with Crippen molar-refractivity contribution in [3.05, 3.63) is 47.8 Å². The molecule has 1 aromatic heterocycles. The van der Waals surface area contributed by atoms with Crippen LogP contribution in [0.3, 0.4) is 0 Å². The third-order valence-electron chi connectivity index (χ3n) is 3.48. The first-order chi connectivity index (χ1) is 10.1. The summed E-state index contributed by atoms with van der Waals surface area (Å²) in [4.78, 5) is 11.5. The first-order valence-corrected chi connectivity index (χ1v) is 6.57. The highest BCUT2D eigenvalue weighted by Crippen LogP contribution is 2.29. The van der Waals surface area contributed by atoms with Crippen molar-refractivity contribution in [2.75, 3.05) is 12.4 Å². The molecule has 0 amide bonds. The van der Waals surface area contributed by atoms with Crippen LogP contribution in [0.4, 0.5) is 10.2 Å². The van der Waals surface area contributed by atoms with Crippen molar-refractivity contribution in [3.8, 4) is 11.1 Å². The van der Waals surface area contributed by atoms with Crippen molar-refractivity contribution >= 4 is 22.5 Å². The van der Waals surface area contributed by atoms with Crippen LogP contribution in [0.5, 0.6) is 0 Å². The van der Waals surface area contributed by atoms with Gasteiger partial charge in [0.15, 0.2) is 11.6 Å². The van der Waals surface area contributed by atoms with E-state index in [9.17, 15) is 9.18 Å². The Morgan fingerprint density at radius 3 is 2.76 bits per heavy atom. The highest BCUT2D eigenvalue weighted by atomic mass is 19.1. The number of rotatable bonds is 3. The molecule has 0 unspecified atom stereocenters. The smallest absolute Gasteiger partial charge is 0.159 e. The second-order valence-electron chi connectivity index (χ2n) is 4.83. The molecule has 0 saturated carbocycles. The van der Waals surface area contributed by atoms with Gasteiger partial charge in [0.25, 0.3) is 0 Å². The second-order valence-corrected chi connectivity index (χ2v) is 4.83. The zero-order valence-corrected chi connectivity index (χ0v) is 11.7. The van der Waals surface area contributed by atoms with Crippen molar-refractivity contribution < 1.29 is 9.18 Å². The van der Waals surface area contributed by atoms with Crippen LogP contribution in [0.25, 0.3) is 22.0 Å².